The molecule has 8 nitrogen and oxygen atoms in total. The van der Waals surface area contributed by atoms with E-state index < -0.39 is 25.2 Å². The number of ether oxygens (including phenoxy) is 4. The normalized spacial score (nSPS) is 10.5. The first-order valence-electron chi connectivity index (χ1n) is 12.9. The van der Waals surface area contributed by atoms with E-state index in [0.717, 1.165) is 42.4 Å². The van der Waals surface area contributed by atoms with Crippen molar-refractivity contribution in [2.24, 2.45) is 0 Å². The fourth-order valence-corrected chi connectivity index (χ4v) is 3.57. The van der Waals surface area contributed by atoms with Crippen molar-refractivity contribution in [3.63, 3.8) is 0 Å². The second-order valence-electron chi connectivity index (χ2n) is 8.69. The molecule has 0 saturated heterocycles. The van der Waals surface area contributed by atoms with Crippen LogP contribution in [0.5, 0.6) is 11.5 Å². The minimum atomic E-state index is -0.671. The van der Waals surface area contributed by atoms with Gasteiger partial charge >= 0.3 is 11.9 Å². The van der Waals surface area contributed by atoms with Gasteiger partial charge in [-0.15, -0.1) is 0 Å². The number of hydrogen-bond acceptors (Lipinski definition) is 8. The Morgan fingerprint density at radius 1 is 0.744 bits per heavy atom. The first kappa shape index (κ1) is 31.5. The molecule has 0 unspecified atom stereocenters. The number of aryl methyl sites for hydroxylation is 1. The van der Waals surface area contributed by atoms with Gasteiger partial charge in [-0.3, -0.25) is 4.39 Å². The fraction of sp³-hybridized carbons (Fsp3) is 0.400. The zero-order chi connectivity index (χ0) is 28.5. The van der Waals surface area contributed by atoms with Crippen LogP contribution >= 0.6 is 0 Å². The SMILES string of the molecule is C=C(CO)C(=O)OCCOc1cccc(-c2cc(OCCOC(=O)C(=C)CO)ccc2CCCCCCF)c1. The number of benzene rings is 2. The summed E-state index contributed by atoms with van der Waals surface area (Å²) in [5.74, 6) is -0.169. The Labute approximate surface area is 228 Å². The van der Waals surface area contributed by atoms with E-state index in [4.69, 9.17) is 29.2 Å². The molecule has 9 heteroatoms. The summed E-state index contributed by atoms with van der Waals surface area (Å²) >= 11 is 0. The molecule has 0 radical (unpaired) electrons. The molecule has 0 aliphatic heterocycles. The number of aliphatic hydroxyl groups is 2. The van der Waals surface area contributed by atoms with Gasteiger partial charge < -0.3 is 29.2 Å². The zero-order valence-corrected chi connectivity index (χ0v) is 22.2. The zero-order valence-electron chi connectivity index (χ0n) is 22.2. The number of rotatable bonds is 19. The van der Waals surface area contributed by atoms with Crippen molar-refractivity contribution in [2.75, 3.05) is 46.3 Å². The van der Waals surface area contributed by atoms with Crippen LogP contribution in [0.3, 0.4) is 0 Å². The predicted octanol–water partition coefficient (Wildman–Crippen LogP) is 4.37. The van der Waals surface area contributed by atoms with Crippen LogP contribution in [0.15, 0.2) is 66.8 Å². The van der Waals surface area contributed by atoms with E-state index in [2.05, 4.69) is 13.2 Å². The van der Waals surface area contributed by atoms with Crippen LogP contribution in [-0.4, -0.2) is 68.5 Å². The molecule has 0 spiro atoms. The highest BCUT2D eigenvalue weighted by molar-refractivity contribution is 5.88. The van der Waals surface area contributed by atoms with Gasteiger partial charge in [0.1, 0.15) is 37.9 Å². The van der Waals surface area contributed by atoms with Crippen LogP contribution in [0.25, 0.3) is 11.1 Å². The Balaban J connectivity index is 2.09. The molecule has 2 aromatic carbocycles. The van der Waals surface area contributed by atoms with Crippen molar-refractivity contribution in [1.29, 1.82) is 0 Å². The number of carbonyl (C=O) groups excluding carboxylic acids is 2. The van der Waals surface area contributed by atoms with E-state index in [1.54, 1.807) is 6.07 Å². The lowest BCUT2D eigenvalue weighted by atomic mass is 9.95. The Kier molecular flexibility index (Phi) is 14.3. The molecule has 212 valence electrons. The lowest BCUT2D eigenvalue weighted by Gasteiger charge is -2.15. The summed E-state index contributed by atoms with van der Waals surface area (Å²) in [5.41, 5.74) is 2.89. The van der Waals surface area contributed by atoms with Gasteiger partial charge in [0.15, 0.2) is 0 Å². The largest absolute Gasteiger partial charge is 0.490 e. The number of esters is 2. The molecule has 0 atom stereocenters. The third-order valence-corrected chi connectivity index (χ3v) is 5.69. The number of unbranched alkanes of at least 4 members (excludes halogenated alkanes) is 3. The average Bonchev–Trinajstić information content (AvgIpc) is 2.96. The predicted molar refractivity (Wildman–Crippen MR) is 145 cm³/mol. The van der Waals surface area contributed by atoms with E-state index in [9.17, 15) is 14.0 Å². The molecule has 2 rings (SSSR count). The van der Waals surface area contributed by atoms with Gasteiger partial charge in [-0.2, -0.15) is 0 Å². The molecule has 39 heavy (non-hydrogen) atoms. The van der Waals surface area contributed by atoms with Crippen LogP contribution in [0.2, 0.25) is 0 Å². The summed E-state index contributed by atoms with van der Waals surface area (Å²) in [5, 5.41) is 17.9. The number of carbonyl (C=O) groups is 2. The molecule has 0 aromatic heterocycles. The average molecular weight is 545 g/mol. The highest BCUT2D eigenvalue weighted by Gasteiger charge is 2.11. The van der Waals surface area contributed by atoms with Gasteiger partial charge in [-0.1, -0.05) is 44.2 Å². The third kappa shape index (κ3) is 11.3. The van der Waals surface area contributed by atoms with Crippen molar-refractivity contribution >= 4 is 11.9 Å². The monoisotopic (exact) mass is 544 g/mol. The second kappa shape index (κ2) is 17.8. The van der Waals surface area contributed by atoms with E-state index in [0.29, 0.717) is 17.9 Å². The van der Waals surface area contributed by atoms with Gasteiger partial charge in [-0.25, -0.2) is 9.59 Å². The topological polar surface area (TPSA) is 112 Å². The molecule has 0 bridgehead atoms. The van der Waals surface area contributed by atoms with Crippen molar-refractivity contribution < 1.29 is 43.1 Å². The Morgan fingerprint density at radius 3 is 1.92 bits per heavy atom. The van der Waals surface area contributed by atoms with Gasteiger partial charge in [0.2, 0.25) is 0 Å². The Bertz CT molecular complexity index is 1100. The Morgan fingerprint density at radius 2 is 1.33 bits per heavy atom. The van der Waals surface area contributed by atoms with Gasteiger partial charge in [0, 0.05) is 0 Å². The lowest BCUT2D eigenvalue weighted by Crippen LogP contribution is -2.15. The molecule has 2 N–H and O–H groups in total. The number of halogens is 1. The summed E-state index contributed by atoms with van der Waals surface area (Å²) in [6, 6.07) is 13.2. The molecule has 0 aliphatic rings. The van der Waals surface area contributed by atoms with Crippen molar-refractivity contribution in [1.82, 2.24) is 0 Å². The van der Waals surface area contributed by atoms with Crippen LogP contribution in [0.1, 0.15) is 31.2 Å². The summed E-state index contributed by atoms with van der Waals surface area (Å²) in [6.45, 7) is 5.87. The highest BCUT2D eigenvalue weighted by Crippen LogP contribution is 2.31. The summed E-state index contributed by atoms with van der Waals surface area (Å²) in [4.78, 5) is 23.2. The maximum Gasteiger partial charge on any atom is 0.335 e. The highest BCUT2D eigenvalue weighted by atomic mass is 19.1. The van der Waals surface area contributed by atoms with Crippen LogP contribution in [0, 0.1) is 0 Å². The molecule has 0 heterocycles. The minimum absolute atomic E-state index is 0.00304. The minimum Gasteiger partial charge on any atom is -0.490 e. The second-order valence-corrected chi connectivity index (χ2v) is 8.69. The van der Waals surface area contributed by atoms with Crippen molar-refractivity contribution in [3.8, 4) is 22.6 Å². The van der Waals surface area contributed by atoms with E-state index >= 15 is 0 Å². The molecular formula is C30H37FO8. The molecule has 0 aliphatic carbocycles. The Hall–Kier alpha value is -3.69. The number of hydrogen-bond donors (Lipinski definition) is 2. The molecular weight excluding hydrogens is 507 g/mol. The molecule has 0 fully saturated rings. The number of alkyl halides is 1. The standard InChI is InChI=1S/C30H37FO8/c1-22(20-32)29(34)38-16-14-36-26-10-7-9-25(18-26)28-19-27(37-15-17-39-30(35)23(2)21-33)12-11-24(28)8-5-3-4-6-13-31/h7,9-12,18-19,32-33H,1-6,8,13-17,20-21H2. The molecule has 0 amide bonds. The van der Waals surface area contributed by atoms with Crippen LogP contribution in [0.4, 0.5) is 4.39 Å². The maximum atomic E-state index is 12.4. The maximum absolute atomic E-state index is 12.4. The molecule has 0 saturated carbocycles. The fourth-order valence-electron chi connectivity index (χ4n) is 3.57. The van der Waals surface area contributed by atoms with E-state index in [-0.39, 0.29) is 44.2 Å². The van der Waals surface area contributed by atoms with Gasteiger partial charge in [0.05, 0.1) is 31.0 Å². The third-order valence-electron chi connectivity index (χ3n) is 5.69. The summed E-state index contributed by atoms with van der Waals surface area (Å²) in [6.07, 6.45) is 4.06. The van der Waals surface area contributed by atoms with Crippen molar-refractivity contribution in [3.05, 3.63) is 72.3 Å². The lowest BCUT2D eigenvalue weighted by molar-refractivity contribution is -0.141. The summed E-state index contributed by atoms with van der Waals surface area (Å²) in [7, 11) is 0. The van der Waals surface area contributed by atoms with Crippen molar-refractivity contribution in [2.45, 2.75) is 32.1 Å². The quantitative estimate of drug-likeness (QED) is 0.152. The first-order valence-corrected chi connectivity index (χ1v) is 12.9. The summed E-state index contributed by atoms with van der Waals surface area (Å²) < 4.78 is 34.0. The van der Waals surface area contributed by atoms with Gasteiger partial charge in [0.25, 0.3) is 0 Å². The first-order chi connectivity index (χ1) is 18.9. The van der Waals surface area contributed by atoms with E-state index in [1.165, 1.54) is 0 Å². The smallest absolute Gasteiger partial charge is 0.335 e. The van der Waals surface area contributed by atoms with Gasteiger partial charge in [-0.05, 0) is 60.2 Å². The van der Waals surface area contributed by atoms with Crippen LogP contribution in [-0.2, 0) is 25.5 Å². The van der Waals surface area contributed by atoms with E-state index in [1.807, 2.05) is 36.4 Å². The van der Waals surface area contributed by atoms with Crippen LogP contribution < -0.4 is 9.47 Å². The molecule has 2 aromatic rings. The number of aliphatic hydroxyl groups excluding tert-OH is 2.